The van der Waals surface area contributed by atoms with Crippen LogP contribution < -0.4 is 4.72 Å². The number of nitrogens with one attached hydrogen (secondary N) is 1. The van der Waals surface area contributed by atoms with E-state index in [2.05, 4.69) is 4.72 Å². The highest BCUT2D eigenvalue weighted by Crippen LogP contribution is 2.48. The van der Waals surface area contributed by atoms with Crippen LogP contribution in [0.4, 0.5) is 32.0 Å². The second kappa shape index (κ2) is 12.0. The van der Waals surface area contributed by atoms with Gasteiger partial charge in [-0.1, -0.05) is 30.8 Å². The molecular weight excluding hydrogens is 558 g/mol. The highest BCUT2D eigenvalue weighted by molar-refractivity contribution is 7.99. The van der Waals surface area contributed by atoms with Crippen LogP contribution >= 0.6 is 11.8 Å². The number of ether oxygens (including phenoxy) is 1. The second-order valence-corrected chi connectivity index (χ2v) is 11.2. The molecule has 0 atom stereocenters. The third-order valence-electron chi connectivity index (χ3n) is 5.30. The summed E-state index contributed by atoms with van der Waals surface area (Å²) in [6.45, 7) is 2.58. The van der Waals surface area contributed by atoms with E-state index in [-0.39, 0.29) is 42.6 Å². The van der Waals surface area contributed by atoms with Crippen molar-refractivity contribution < 1.29 is 44.3 Å². The van der Waals surface area contributed by atoms with Gasteiger partial charge in [0.25, 0.3) is 0 Å². The molecule has 1 saturated heterocycles. The Morgan fingerprint density at radius 1 is 1.05 bits per heavy atom. The number of carbonyl (C=O) groups is 1. The van der Waals surface area contributed by atoms with Gasteiger partial charge in [-0.25, -0.2) is 8.42 Å². The SMILES string of the molecule is CCCS(=O)(=O)Nc1cccc(Sc2ccc(C=CC(=O)N3CCOCC3)c(C(F)(F)F)c2C(F)(F)F)c1. The molecule has 3 rings (SSSR count). The van der Waals surface area contributed by atoms with Crippen LogP contribution in [0.15, 0.2) is 52.3 Å². The lowest BCUT2D eigenvalue weighted by Crippen LogP contribution is -2.39. The van der Waals surface area contributed by atoms with Crippen molar-refractivity contribution in [1.29, 1.82) is 0 Å². The Morgan fingerprint density at radius 3 is 2.32 bits per heavy atom. The molecule has 0 aromatic heterocycles. The summed E-state index contributed by atoms with van der Waals surface area (Å²) in [5, 5.41) is 0. The summed E-state index contributed by atoms with van der Waals surface area (Å²) in [7, 11) is -3.69. The van der Waals surface area contributed by atoms with Gasteiger partial charge in [0.2, 0.25) is 15.9 Å². The molecule has 1 aliphatic rings. The van der Waals surface area contributed by atoms with E-state index in [1.807, 2.05) is 0 Å². The van der Waals surface area contributed by atoms with E-state index >= 15 is 0 Å². The van der Waals surface area contributed by atoms with E-state index in [1.165, 1.54) is 29.2 Å². The monoisotopic (exact) mass is 582 g/mol. The number of nitrogens with zero attached hydrogens (tertiary/aromatic N) is 1. The van der Waals surface area contributed by atoms with E-state index < -0.39 is 49.9 Å². The molecule has 1 fully saturated rings. The zero-order valence-corrected chi connectivity index (χ0v) is 21.7. The molecule has 0 unspecified atom stereocenters. The Labute approximate surface area is 220 Å². The fourth-order valence-electron chi connectivity index (χ4n) is 3.71. The van der Waals surface area contributed by atoms with Crippen LogP contribution in [-0.4, -0.2) is 51.3 Å². The number of benzene rings is 2. The zero-order chi connectivity index (χ0) is 28.1. The quantitative estimate of drug-likeness (QED) is 0.310. The standard InChI is InChI=1S/C24H24F6N2O4S2/c1-2-14-38(34,35)31-17-4-3-5-18(15-17)37-19-8-6-16(7-9-20(33)32-10-12-36-13-11-32)21(23(25,26)27)22(19)24(28,29)30/h3-9,15,31H,2,10-14H2,1H3. The van der Waals surface area contributed by atoms with E-state index in [4.69, 9.17) is 4.74 Å². The number of morpholine rings is 1. The summed E-state index contributed by atoms with van der Waals surface area (Å²) in [6.07, 6.45) is -8.90. The summed E-state index contributed by atoms with van der Waals surface area (Å²) < 4.78 is 116. The van der Waals surface area contributed by atoms with Crippen LogP contribution in [0.3, 0.4) is 0 Å². The molecule has 0 saturated carbocycles. The van der Waals surface area contributed by atoms with Crippen molar-refractivity contribution in [2.75, 3.05) is 36.8 Å². The van der Waals surface area contributed by atoms with Gasteiger partial charge in [-0.15, -0.1) is 0 Å². The van der Waals surface area contributed by atoms with Crippen molar-refractivity contribution >= 4 is 39.5 Å². The third-order valence-corrected chi connectivity index (χ3v) is 7.84. The van der Waals surface area contributed by atoms with Crippen LogP contribution in [-0.2, 0) is 31.9 Å². The lowest BCUT2D eigenvalue weighted by molar-refractivity contribution is -0.163. The number of amides is 1. The number of hydrogen-bond acceptors (Lipinski definition) is 5. The zero-order valence-electron chi connectivity index (χ0n) is 20.0. The summed E-state index contributed by atoms with van der Waals surface area (Å²) >= 11 is 0.413. The van der Waals surface area contributed by atoms with Crippen molar-refractivity contribution in [3.63, 3.8) is 0 Å². The van der Waals surface area contributed by atoms with Crippen molar-refractivity contribution in [2.24, 2.45) is 0 Å². The predicted molar refractivity (Wildman–Crippen MR) is 131 cm³/mol. The second-order valence-electron chi connectivity index (χ2n) is 8.22. The molecule has 1 heterocycles. The fraction of sp³-hybridized carbons (Fsp3) is 0.375. The third kappa shape index (κ3) is 7.90. The smallest absolute Gasteiger partial charge is 0.378 e. The molecule has 1 amide bonds. The molecule has 0 radical (unpaired) electrons. The Balaban J connectivity index is 2.02. The van der Waals surface area contributed by atoms with Crippen LogP contribution in [0.25, 0.3) is 6.08 Å². The van der Waals surface area contributed by atoms with Gasteiger partial charge >= 0.3 is 12.4 Å². The molecule has 2 aromatic rings. The maximum absolute atomic E-state index is 14.1. The molecule has 0 bridgehead atoms. The average Bonchev–Trinajstić information content (AvgIpc) is 2.81. The number of hydrogen-bond donors (Lipinski definition) is 1. The molecule has 1 aliphatic heterocycles. The highest BCUT2D eigenvalue weighted by Gasteiger charge is 2.46. The lowest BCUT2D eigenvalue weighted by Gasteiger charge is -2.25. The van der Waals surface area contributed by atoms with Gasteiger partial charge in [0.15, 0.2) is 0 Å². The van der Waals surface area contributed by atoms with Gasteiger partial charge in [0, 0.05) is 34.6 Å². The number of carbonyl (C=O) groups excluding carboxylic acids is 1. The highest BCUT2D eigenvalue weighted by atomic mass is 32.2. The Morgan fingerprint density at radius 2 is 1.71 bits per heavy atom. The van der Waals surface area contributed by atoms with Crippen molar-refractivity contribution in [3.05, 3.63) is 59.2 Å². The van der Waals surface area contributed by atoms with E-state index in [0.29, 0.717) is 18.2 Å². The molecule has 208 valence electrons. The molecule has 0 aliphatic carbocycles. The van der Waals surface area contributed by atoms with Gasteiger partial charge in [-0.2, -0.15) is 26.3 Å². The van der Waals surface area contributed by atoms with E-state index in [0.717, 1.165) is 24.3 Å². The van der Waals surface area contributed by atoms with Crippen LogP contribution in [0, 0.1) is 0 Å². The molecule has 38 heavy (non-hydrogen) atoms. The Hall–Kier alpha value is -2.71. The first-order chi connectivity index (χ1) is 17.7. The van der Waals surface area contributed by atoms with Gasteiger partial charge in [-0.3, -0.25) is 9.52 Å². The van der Waals surface area contributed by atoms with Gasteiger partial charge in [-0.05, 0) is 42.3 Å². The number of alkyl halides is 6. The Bertz CT molecular complexity index is 1290. The van der Waals surface area contributed by atoms with Crippen molar-refractivity contribution in [3.8, 4) is 0 Å². The van der Waals surface area contributed by atoms with E-state index in [1.54, 1.807) is 6.92 Å². The van der Waals surface area contributed by atoms with Crippen LogP contribution in [0.2, 0.25) is 0 Å². The normalized spacial score (nSPS) is 15.2. The van der Waals surface area contributed by atoms with Crippen LogP contribution in [0.5, 0.6) is 0 Å². The number of halogens is 6. The summed E-state index contributed by atoms with van der Waals surface area (Å²) in [5.74, 6) is -0.823. The lowest BCUT2D eigenvalue weighted by atomic mass is 9.99. The fourth-order valence-corrected chi connectivity index (χ4v) is 5.88. The minimum atomic E-state index is -5.39. The largest absolute Gasteiger partial charge is 0.418 e. The number of sulfonamides is 1. The van der Waals surface area contributed by atoms with Gasteiger partial charge < -0.3 is 9.64 Å². The number of anilines is 1. The minimum absolute atomic E-state index is 0.0641. The molecule has 1 N–H and O–H groups in total. The molecule has 0 spiro atoms. The van der Waals surface area contributed by atoms with E-state index in [9.17, 15) is 39.6 Å². The van der Waals surface area contributed by atoms with Crippen LogP contribution in [0.1, 0.15) is 30.0 Å². The van der Waals surface area contributed by atoms with Crippen molar-refractivity contribution in [2.45, 2.75) is 35.5 Å². The summed E-state index contributed by atoms with van der Waals surface area (Å²) in [6, 6.07) is 7.11. The first kappa shape index (κ1) is 29.8. The number of rotatable bonds is 8. The summed E-state index contributed by atoms with van der Waals surface area (Å²) in [5.41, 5.74) is -4.56. The van der Waals surface area contributed by atoms with Gasteiger partial charge in [0.05, 0.1) is 30.1 Å². The first-order valence-corrected chi connectivity index (χ1v) is 13.8. The average molecular weight is 583 g/mol. The Kier molecular flexibility index (Phi) is 9.42. The first-order valence-electron chi connectivity index (χ1n) is 11.4. The summed E-state index contributed by atoms with van der Waals surface area (Å²) in [4.78, 5) is 13.0. The maximum Gasteiger partial charge on any atom is 0.418 e. The van der Waals surface area contributed by atoms with Crippen molar-refractivity contribution in [1.82, 2.24) is 4.90 Å². The predicted octanol–water partition coefficient (Wildman–Crippen LogP) is 5.90. The maximum atomic E-state index is 14.1. The topological polar surface area (TPSA) is 75.7 Å². The van der Waals surface area contributed by atoms with Gasteiger partial charge in [0.1, 0.15) is 0 Å². The molecule has 14 heteroatoms. The minimum Gasteiger partial charge on any atom is -0.378 e. The molecular formula is C24H24F6N2O4S2. The molecule has 6 nitrogen and oxygen atoms in total. The molecule has 2 aromatic carbocycles.